The van der Waals surface area contributed by atoms with Crippen LogP contribution in [-0.4, -0.2) is 25.7 Å². The molecule has 1 aliphatic heterocycles. The highest BCUT2D eigenvalue weighted by Crippen LogP contribution is 2.42. The molecule has 0 saturated heterocycles. The lowest BCUT2D eigenvalue weighted by Gasteiger charge is -2.28. The van der Waals surface area contributed by atoms with Crippen molar-refractivity contribution in [1.29, 1.82) is 0 Å². The molecule has 5 heteroatoms. The van der Waals surface area contributed by atoms with Crippen molar-refractivity contribution in [3.05, 3.63) is 29.3 Å². The fourth-order valence-electron chi connectivity index (χ4n) is 3.03. The number of hydrogen-bond donors (Lipinski definition) is 1. The van der Waals surface area contributed by atoms with Gasteiger partial charge in [0.1, 0.15) is 0 Å². The van der Waals surface area contributed by atoms with Crippen molar-refractivity contribution in [2.75, 3.05) is 18.5 Å². The van der Waals surface area contributed by atoms with Crippen LogP contribution < -0.4 is 10.2 Å². The third-order valence-electron chi connectivity index (χ3n) is 4.11. The van der Waals surface area contributed by atoms with Gasteiger partial charge >= 0.3 is 6.18 Å². The van der Waals surface area contributed by atoms with Crippen molar-refractivity contribution in [2.24, 2.45) is 0 Å². The maximum Gasteiger partial charge on any atom is 0.416 e. The molecule has 2 nitrogen and oxygen atoms in total. The second kappa shape index (κ2) is 5.64. The molecule has 0 spiro atoms. The first kappa shape index (κ1) is 15.2. The minimum Gasteiger partial charge on any atom is -0.368 e. The number of hydrogen-bond acceptors (Lipinski definition) is 2. The van der Waals surface area contributed by atoms with Crippen LogP contribution in [0.5, 0.6) is 0 Å². The Kier molecular flexibility index (Phi) is 4.28. The number of likely N-dealkylation sites (N-methyl/N-ethyl adjacent to an activating group) is 1. The van der Waals surface area contributed by atoms with Crippen LogP contribution in [0.4, 0.5) is 18.9 Å². The number of benzene rings is 1. The fraction of sp³-hybridized carbons (Fsp3) is 0.600. The Labute approximate surface area is 118 Å². The van der Waals surface area contributed by atoms with Gasteiger partial charge in [-0.15, -0.1) is 0 Å². The highest BCUT2D eigenvalue weighted by molar-refractivity contribution is 5.62. The Balaban J connectivity index is 2.34. The van der Waals surface area contributed by atoms with Gasteiger partial charge in [-0.05, 0) is 51.4 Å². The number of rotatable bonds is 4. The lowest BCUT2D eigenvalue weighted by molar-refractivity contribution is -0.138. The van der Waals surface area contributed by atoms with Gasteiger partial charge in [-0.3, -0.25) is 0 Å². The molecule has 0 aliphatic carbocycles. The molecule has 1 heterocycles. The normalized spacial score (nSPS) is 20.1. The Morgan fingerprint density at radius 1 is 1.40 bits per heavy atom. The predicted molar refractivity (Wildman–Crippen MR) is 75.1 cm³/mol. The van der Waals surface area contributed by atoms with E-state index in [2.05, 4.69) is 17.1 Å². The van der Waals surface area contributed by atoms with Crippen molar-refractivity contribution in [1.82, 2.24) is 5.32 Å². The van der Waals surface area contributed by atoms with Crippen molar-refractivity contribution in [2.45, 2.75) is 44.9 Å². The van der Waals surface area contributed by atoms with E-state index >= 15 is 0 Å². The van der Waals surface area contributed by atoms with E-state index in [9.17, 15) is 13.2 Å². The molecule has 0 radical (unpaired) electrons. The maximum absolute atomic E-state index is 13.1. The van der Waals surface area contributed by atoms with Gasteiger partial charge in [0, 0.05) is 24.3 Å². The van der Waals surface area contributed by atoms with Crippen LogP contribution in [-0.2, 0) is 12.6 Å². The third-order valence-corrected chi connectivity index (χ3v) is 4.11. The van der Waals surface area contributed by atoms with E-state index in [0.29, 0.717) is 12.0 Å². The Morgan fingerprint density at radius 3 is 2.65 bits per heavy atom. The fourth-order valence-corrected chi connectivity index (χ4v) is 3.03. The number of fused-ring (bicyclic) bond motifs is 1. The van der Waals surface area contributed by atoms with E-state index in [0.717, 1.165) is 18.7 Å². The number of nitrogens with zero attached hydrogens (tertiary/aromatic N) is 1. The standard InChI is InChI=1S/C15H21F3N2/c1-4-20-11(8-10(2)19-3)9-12-13(15(16,17)18)6-5-7-14(12)20/h5-7,10-11,19H,4,8-9H2,1-3H3. The summed E-state index contributed by atoms with van der Waals surface area (Å²) < 4.78 is 39.3. The zero-order valence-electron chi connectivity index (χ0n) is 12.1. The van der Waals surface area contributed by atoms with E-state index < -0.39 is 11.7 Å². The lowest BCUT2D eigenvalue weighted by Crippen LogP contribution is -2.37. The number of nitrogens with one attached hydrogen (secondary N) is 1. The molecule has 1 aromatic rings. The molecule has 112 valence electrons. The summed E-state index contributed by atoms with van der Waals surface area (Å²) in [6, 6.07) is 4.93. The average molecular weight is 286 g/mol. The van der Waals surface area contributed by atoms with E-state index in [-0.39, 0.29) is 12.1 Å². The third kappa shape index (κ3) is 2.77. The van der Waals surface area contributed by atoms with E-state index in [1.54, 1.807) is 6.07 Å². The number of alkyl halides is 3. The minimum absolute atomic E-state index is 0.140. The summed E-state index contributed by atoms with van der Waals surface area (Å²) in [5, 5.41) is 3.16. The molecule has 2 rings (SSSR count). The molecule has 0 fully saturated rings. The summed E-state index contributed by atoms with van der Waals surface area (Å²) in [5.74, 6) is 0. The largest absolute Gasteiger partial charge is 0.416 e. The first-order chi connectivity index (χ1) is 9.38. The van der Waals surface area contributed by atoms with Gasteiger partial charge in [0.25, 0.3) is 0 Å². The maximum atomic E-state index is 13.1. The SMILES string of the molecule is CCN1c2cccc(C(F)(F)F)c2CC1CC(C)NC. The molecule has 0 amide bonds. The zero-order valence-corrected chi connectivity index (χ0v) is 12.1. The van der Waals surface area contributed by atoms with Gasteiger partial charge in [0.05, 0.1) is 5.56 Å². The summed E-state index contributed by atoms with van der Waals surface area (Å²) in [6.45, 7) is 4.78. The van der Waals surface area contributed by atoms with Crippen LogP contribution in [0.25, 0.3) is 0 Å². The Morgan fingerprint density at radius 2 is 2.10 bits per heavy atom. The van der Waals surface area contributed by atoms with E-state index in [4.69, 9.17) is 0 Å². The average Bonchev–Trinajstić information content (AvgIpc) is 2.73. The first-order valence-corrected chi connectivity index (χ1v) is 7.01. The van der Waals surface area contributed by atoms with Crippen LogP contribution in [0, 0.1) is 0 Å². The molecular formula is C15H21F3N2. The first-order valence-electron chi connectivity index (χ1n) is 7.01. The second-order valence-electron chi connectivity index (χ2n) is 5.37. The summed E-state index contributed by atoms with van der Waals surface area (Å²) in [7, 11) is 1.88. The smallest absolute Gasteiger partial charge is 0.368 e. The van der Waals surface area contributed by atoms with Crippen LogP contribution in [0.2, 0.25) is 0 Å². The van der Waals surface area contributed by atoms with Crippen molar-refractivity contribution in [3.8, 4) is 0 Å². The van der Waals surface area contributed by atoms with Gasteiger partial charge in [0.15, 0.2) is 0 Å². The topological polar surface area (TPSA) is 15.3 Å². The molecule has 0 bridgehead atoms. The van der Waals surface area contributed by atoms with Crippen LogP contribution in [0.3, 0.4) is 0 Å². The molecule has 2 atom stereocenters. The molecule has 20 heavy (non-hydrogen) atoms. The zero-order chi connectivity index (χ0) is 14.9. The number of halogens is 3. The molecule has 1 aliphatic rings. The van der Waals surface area contributed by atoms with Gasteiger partial charge in [-0.1, -0.05) is 6.07 Å². The molecule has 0 saturated carbocycles. The van der Waals surface area contributed by atoms with Crippen LogP contribution in [0.15, 0.2) is 18.2 Å². The Hall–Kier alpha value is -1.23. The van der Waals surface area contributed by atoms with Gasteiger partial charge in [-0.2, -0.15) is 13.2 Å². The summed E-state index contributed by atoms with van der Waals surface area (Å²) >= 11 is 0. The van der Waals surface area contributed by atoms with Crippen LogP contribution in [0.1, 0.15) is 31.4 Å². The summed E-state index contributed by atoms with van der Waals surface area (Å²) in [5.41, 5.74) is 0.721. The van der Waals surface area contributed by atoms with Crippen molar-refractivity contribution in [3.63, 3.8) is 0 Å². The molecule has 0 aromatic heterocycles. The van der Waals surface area contributed by atoms with Gasteiger partial charge in [0.2, 0.25) is 0 Å². The highest BCUT2D eigenvalue weighted by atomic mass is 19.4. The van der Waals surface area contributed by atoms with Gasteiger partial charge < -0.3 is 10.2 Å². The predicted octanol–water partition coefficient (Wildman–Crippen LogP) is 3.45. The van der Waals surface area contributed by atoms with E-state index in [1.165, 1.54) is 12.1 Å². The van der Waals surface area contributed by atoms with Gasteiger partial charge in [-0.25, -0.2) is 0 Å². The summed E-state index contributed by atoms with van der Waals surface area (Å²) in [6.07, 6.45) is -2.95. The van der Waals surface area contributed by atoms with Crippen molar-refractivity contribution >= 4 is 5.69 Å². The highest BCUT2D eigenvalue weighted by Gasteiger charge is 2.39. The molecule has 2 unspecified atom stereocenters. The molecular weight excluding hydrogens is 265 g/mol. The second-order valence-corrected chi connectivity index (χ2v) is 5.37. The summed E-state index contributed by atoms with van der Waals surface area (Å²) in [4.78, 5) is 2.10. The van der Waals surface area contributed by atoms with Crippen LogP contribution >= 0.6 is 0 Å². The minimum atomic E-state index is -4.27. The quantitative estimate of drug-likeness (QED) is 0.912. The molecule has 1 aromatic carbocycles. The number of anilines is 1. The Bertz CT molecular complexity index is 471. The molecule has 1 N–H and O–H groups in total. The van der Waals surface area contributed by atoms with Crippen molar-refractivity contribution < 1.29 is 13.2 Å². The lowest BCUT2D eigenvalue weighted by atomic mass is 10.00. The van der Waals surface area contributed by atoms with E-state index in [1.807, 2.05) is 14.0 Å². The monoisotopic (exact) mass is 286 g/mol.